The van der Waals surface area contributed by atoms with Crippen LogP contribution >= 0.6 is 11.8 Å². The molecule has 0 heterocycles. The highest BCUT2D eigenvalue weighted by Crippen LogP contribution is 2.22. The first kappa shape index (κ1) is 8.81. The zero-order valence-electron chi connectivity index (χ0n) is 4.75. The predicted molar refractivity (Wildman–Crippen MR) is 31.9 cm³/mol. The van der Waals surface area contributed by atoms with Gasteiger partial charge >= 0.3 is 6.18 Å². The first-order valence-corrected chi connectivity index (χ1v) is 3.25. The summed E-state index contributed by atoms with van der Waals surface area (Å²) in [6.45, 7) is 1.57. The highest BCUT2D eigenvalue weighted by atomic mass is 32.2. The minimum Gasteiger partial charge on any atom is -0.290 e. The molecule has 0 fully saturated rings. The van der Waals surface area contributed by atoms with Gasteiger partial charge in [0.1, 0.15) is 0 Å². The maximum Gasteiger partial charge on any atom is 0.438 e. The molecule has 0 radical (unpaired) electrons. The Labute approximate surface area is 55.1 Å². The van der Waals surface area contributed by atoms with Gasteiger partial charge in [-0.15, -0.1) is 11.8 Å². The van der Waals surface area contributed by atoms with Crippen molar-refractivity contribution in [3.8, 4) is 0 Å². The molecule has 0 bridgehead atoms. The Morgan fingerprint density at radius 2 is 2.00 bits per heavy atom. The summed E-state index contributed by atoms with van der Waals surface area (Å²) in [4.78, 5) is 0. The molecule has 0 aromatic heterocycles. The molecular formula is C4H6F3NS. The fourth-order valence-electron chi connectivity index (χ4n) is 0.226. The number of rotatable bonds is 1. The Morgan fingerprint density at radius 1 is 1.56 bits per heavy atom. The SMILES string of the molecule is CCSC(=N)C(F)(F)F. The molecule has 0 aliphatic carbocycles. The van der Waals surface area contributed by atoms with Crippen LogP contribution in [0.3, 0.4) is 0 Å². The van der Waals surface area contributed by atoms with Gasteiger partial charge in [-0.05, 0) is 5.75 Å². The van der Waals surface area contributed by atoms with E-state index < -0.39 is 11.2 Å². The summed E-state index contributed by atoms with van der Waals surface area (Å²) in [5.74, 6) is 0.290. The monoisotopic (exact) mass is 157 g/mol. The van der Waals surface area contributed by atoms with Crippen LogP contribution in [-0.2, 0) is 0 Å². The number of alkyl halides is 3. The van der Waals surface area contributed by atoms with E-state index in [1.54, 1.807) is 6.92 Å². The van der Waals surface area contributed by atoms with E-state index in [2.05, 4.69) is 0 Å². The second kappa shape index (κ2) is 3.10. The van der Waals surface area contributed by atoms with Gasteiger partial charge in [-0.25, -0.2) is 0 Å². The normalized spacial score (nSPS) is 11.6. The summed E-state index contributed by atoms with van der Waals surface area (Å²) >= 11 is 0.497. The van der Waals surface area contributed by atoms with Crippen LogP contribution in [0.1, 0.15) is 6.92 Å². The van der Waals surface area contributed by atoms with Gasteiger partial charge in [0.05, 0.1) is 0 Å². The lowest BCUT2D eigenvalue weighted by Gasteiger charge is -2.04. The van der Waals surface area contributed by atoms with Crippen molar-refractivity contribution in [2.45, 2.75) is 13.1 Å². The summed E-state index contributed by atoms with van der Waals surface area (Å²) in [6, 6.07) is 0. The number of nitrogens with one attached hydrogen (secondary N) is 1. The van der Waals surface area contributed by atoms with Crippen LogP contribution < -0.4 is 0 Å². The fraction of sp³-hybridized carbons (Fsp3) is 0.750. The number of hydrogen-bond acceptors (Lipinski definition) is 2. The maximum absolute atomic E-state index is 11.4. The molecule has 0 spiro atoms. The van der Waals surface area contributed by atoms with Crippen molar-refractivity contribution in [1.29, 1.82) is 5.41 Å². The lowest BCUT2D eigenvalue weighted by molar-refractivity contribution is -0.0561. The molecule has 0 saturated heterocycles. The van der Waals surface area contributed by atoms with Gasteiger partial charge in [-0.1, -0.05) is 6.92 Å². The summed E-state index contributed by atoms with van der Waals surface area (Å²) in [5, 5.41) is 5.16. The topological polar surface area (TPSA) is 23.9 Å². The third kappa shape index (κ3) is 3.40. The van der Waals surface area contributed by atoms with Crippen molar-refractivity contribution in [3.05, 3.63) is 0 Å². The summed E-state index contributed by atoms with van der Waals surface area (Å²) < 4.78 is 34.2. The molecule has 0 aromatic rings. The minimum absolute atomic E-state index is 0.290. The van der Waals surface area contributed by atoms with Crippen LogP contribution in [0, 0.1) is 5.41 Å². The molecule has 0 aliphatic heterocycles. The molecule has 5 heteroatoms. The van der Waals surface area contributed by atoms with E-state index in [1.807, 2.05) is 0 Å². The van der Waals surface area contributed by atoms with Crippen molar-refractivity contribution in [2.75, 3.05) is 5.75 Å². The van der Waals surface area contributed by atoms with Crippen LogP contribution in [0.25, 0.3) is 0 Å². The van der Waals surface area contributed by atoms with Crippen LogP contribution in [-0.4, -0.2) is 17.0 Å². The van der Waals surface area contributed by atoms with Crippen LogP contribution in [0.2, 0.25) is 0 Å². The first-order chi connectivity index (χ1) is 3.98. The van der Waals surface area contributed by atoms with E-state index in [4.69, 9.17) is 5.41 Å². The Kier molecular flexibility index (Phi) is 3.03. The van der Waals surface area contributed by atoms with Gasteiger partial charge in [-0.2, -0.15) is 13.2 Å². The highest BCUT2D eigenvalue weighted by molar-refractivity contribution is 8.13. The quantitative estimate of drug-likeness (QED) is 0.458. The largest absolute Gasteiger partial charge is 0.438 e. The Bertz CT molecular complexity index is 109. The summed E-state index contributed by atoms with van der Waals surface area (Å²) in [6.07, 6.45) is -4.44. The van der Waals surface area contributed by atoms with E-state index in [9.17, 15) is 13.2 Å². The number of thioether (sulfide) groups is 1. The van der Waals surface area contributed by atoms with Crippen molar-refractivity contribution in [3.63, 3.8) is 0 Å². The average molecular weight is 157 g/mol. The van der Waals surface area contributed by atoms with Crippen LogP contribution in [0.5, 0.6) is 0 Å². The Morgan fingerprint density at radius 3 is 2.11 bits per heavy atom. The summed E-state index contributed by atoms with van der Waals surface area (Å²) in [5.41, 5.74) is 0. The van der Waals surface area contributed by atoms with Crippen LogP contribution in [0.15, 0.2) is 0 Å². The second-order valence-corrected chi connectivity index (χ2v) is 2.53. The third-order valence-electron chi connectivity index (χ3n) is 0.546. The number of hydrogen-bond donors (Lipinski definition) is 1. The second-order valence-electron chi connectivity index (χ2n) is 1.26. The van der Waals surface area contributed by atoms with Gasteiger partial charge in [0.2, 0.25) is 0 Å². The van der Waals surface area contributed by atoms with Gasteiger partial charge < -0.3 is 0 Å². The average Bonchev–Trinajstić information content (AvgIpc) is 1.64. The zero-order valence-corrected chi connectivity index (χ0v) is 5.57. The molecule has 0 unspecified atom stereocenters. The summed E-state index contributed by atoms with van der Waals surface area (Å²) in [7, 11) is 0. The van der Waals surface area contributed by atoms with E-state index in [-0.39, 0.29) is 0 Å². The number of halogens is 3. The van der Waals surface area contributed by atoms with Gasteiger partial charge in [0.25, 0.3) is 0 Å². The van der Waals surface area contributed by atoms with Crippen molar-refractivity contribution < 1.29 is 13.2 Å². The van der Waals surface area contributed by atoms with Crippen molar-refractivity contribution in [2.24, 2.45) is 0 Å². The molecule has 0 amide bonds. The molecule has 0 aliphatic rings. The molecule has 1 N–H and O–H groups in total. The van der Waals surface area contributed by atoms with E-state index in [0.717, 1.165) is 0 Å². The van der Waals surface area contributed by atoms with E-state index >= 15 is 0 Å². The molecule has 0 rings (SSSR count). The standard InChI is InChI=1S/C4H6F3NS/c1-2-9-3(8)4(5,6)7/h8H,2H2,1H3. The van der Waals surface area contributed by atoms with Gasteiger partial charge in [-0.3, -0.25) is 5.41 Å². The Hall–Kier alpha value is -0.190. The van der Waals surface area contributed by atoms with Crippen molar-refractivity contribution in [1.82, 2.24) is 0 Å². The highest BCUT2D eigenvalue weighted by Gasteiger charge is 2.33. The predicted octanol–water partition coefficient (Wildman–Crippen LogP) is 2.28. The smallest absolute Gasteiger partial charge is 0.290 e. The molecule has 0 saturated carbocycles. The molecular weight excluding hydrogens is 151 g/mol. The third-order valence-corrected chi connectivity index (χ3v) is 1.35. The molecule has 54 valence electrons. The minimum atomic E-state index is -4.44. The van der Waals surface area contributed by atoms with E-state index in [1.165, 1.54) is 0 Å². The Balaban J connectivity index is 3.74. The lowest BCUT2D eigenvalue weighted by Crippen LogP contribution is -2.18. The van der Waals surface area contributed by atoms with E-state index in [0.29, 0.717) is 17.5 Å². The molecule has 0 aromatic carbocycles. The first-order valence-electron chi connectivity index (χ1n) is 2.27. The zero-order chi connectivity index (χ0) is 7.49. The molecule has 9 heavy (non-hydrogen) atoms. The molecule has 1 nitrogen and oxygen atoms in total. The van der Waals surface area contributed by atoms with Gasteiger partial charge in [0, 0.05) is 0 Å². The lowest BCUT2D eigenvalue weighted by atomic mass is 10.7. The van der Waals surface area contributed by atoms with Gasteiger partial charge in [0.15, 0.2) is 5.04 Å². The molecule has 0 atom stereocenters. The fourth-order valence-corrected chi connectivity index (χ4v) is 0.679. The maximum atomic E-state index is 11.4. The van der Waals surface area contributed by atoms with Crippen LogP contribution in [0.4, 0.5) is 13.2 Å². The van der Waals surface area contributed by atoms with Crippen molar-refractivity contribution >= 4 is 16.8 Å².